The molecule has 2 rings (SSSR count). The molecule has 2 aliphatic rings. The third-order valence-corrected chi connectivity index (χ3v) is 3.06. The summed E-state index contributed by atoms with van der Waals surface area (Å²) in [5.41, 5.74) is 0. The lowest BCUT2D eigenvalue weighted by Crippen LogP contribution is -1.92. The SMILES string of the molecule is C1=C\C2OC2CCCCCCCC/1. The van der Waals surface area contributed by atoms with E-state index in [1.54, 1.807) is 0 Å². The summed E-state index contributed by atoms with van der Waals surface area (Å²) in [7, 11) is 0. The van der Waals surface area contributed by atoms with E-state index in [1.165, 1.54) is 51.4 Å². The Morgan fingerprint density at radius 2 is 1.69 bits per heavy atom. The Morgan fingerprint density at radius 1 is 0.923 bits per heavy atom. The van der Waals surface area contributed by atoms with Gasteiger partial charge in [0.1, 0.15) is 6.10 Å². The fraction of sp³-hybridized carbons (Fsp3) is 0.833. The lowest BCUT2D eigenvalue weighted by Gasteiger charge is -2.00. The number of hydrogen-bond donors (Lipinski definition) is 0. The molecular weight excluding hydrogens is 160 g/mol. The summed E-state index contributed by atoms with van der Waals surface area (Å²) in [6, 6.07) is 0. The minimum Gasteiger partial charge on any atom is -0.365 e. The molecule has 2 atom stereocenters. The Labute approximate surface area is 81.2 Å². The molecule has 1 fully saturated rings. The van der Waals surface area contributed by atoms with Crippen LogP contribution in [0, 0.1) is 0 Å². The van der Waals surface area contributed by atoms with Crippen molar-refractivity contribution in [3.63, 3.8) is 0 Å². The Bertz CT molecular complexity index is 174. The predicted octanol–water partition coefficient (Wildman–Crippen LogP) is 3.44. The summed E-state index contributed by atoms with van der Waals surface area (Å²) in [6.45, 7) is 0. The van der Waals surface area contributed by atoms with Gasteiger partial charge in [0, 0.05) is 0 Å². The van der Waals surface area contributed by atoms with Crippen LogP contribution < -0.4 is 0 Å². The zero-order valence-electron chi connectivity index (χ0n) is 8.37. The smallest absolute Gasteiger partial charge is 0.102 e. The number of epoxide rings is 1. The highest BCUT2D eigenvalue weighted by Gasteiger charge is 2.35. The van der Waals surface area contributed by atoms with Gasteiger partial charge in [0.25, 0.3) is 0 Å². The van der Waals surface area contributed by atoms with Crippen molar-refractivity contribution >= 4 is 0 Å². The highest BCUT2D eigenvalue weighted by atomic mass is 16.6. The highest BCUT2D eigenvalue weighted by Crippen LogP contribution is 2.29. The van der Waals surface area contributed by atoms with Gasteiger partial charge in [-0.2, -0.15) is 0 Å². The molecular formula is C12H20O. The van der Waals surface area contributed by atoms with Gasteiger partial charge < -0.3 is 4.74 Å². The van der Waals surface area contributed by atoms with E-state index in [0.717, 1.165) is 0 Å². The lowest BCUT2D eigenvalue weighted by atomic mass is 10.0. The van der Waals surface area contributed by atoms with Crippen molar-refractivity contribution < 1.29 is 4.74 Å². The molecule has 0 spiro atoms. The van der Waals surface area contributed by atoms with Gasteiger partial charge in [0.15, 0.2) is 0 Å². The second-order valence-electron chi connectivity index (χ2n) is 4.27. The summed E-state index contributed by atoms with van der Waals surface area (Å²) in [5.74, 6) is 0. The van der Waals surface area contributed by atoms with Crippen LogP contribution in [0.15, 0.2) is 12.2 Å². The summed E-state index contributed by atoms with van der Waals surface area (Å²) >= 11 is 0. The molecule has 0 radical (unpaired) electrons. The van der Waals surface area contributed by atoms with E-state index in [2.05, 4.69) is 12.2 Å². The quantitative estimate of drug-likeness (QED) is 0.411. The van der Waals surface area contributed by atoms with Gasteiger partial charge in [-0.25, -0.2) is 0 Å². The first-order valence-electron chi connectivity index (χ1n) is 5.79. The van der Waals surface area contributed by atoms with Crippen LogP contribution in [0.2, 0.25) is 0 Å². The van der Waals surface area contributed by atoms with Crippen LogP contribution in [0.25, 0.3) is 0 Å². The van der Waals surface area contributed by atoms with Crippen molar-refractivity contribution in [2.75, 3.05) is 0 Å². The number of hydrogen-bond acceptors (Lipinski definition) is 1. The van der Waals surface area contributed by atoms with Crippen LogP contribution >= 0.6 is 0 Å². The molecule has 0 aromatic carbocycles. The largest absolute Gasteiger partial charge is 0.365 e. The van der Waals surface area contributed by atoms with Gasteiger partial charge in [0.2, 0.25) is 0 Å². The van der Waals surface area contributed by atoms with E-state index in [1.807, 2.05) is 0 Å². The Morgan fingerprint density at radius 3 is 2.62 bits per heavy atom. The summed E-state index contributed by atoms with van der Waals surface area (Å²) in [6.07, 6.45) is 16.6. The van der Waals surface area contributed by atoms with E-state index in [0.29, 0.717) is 12.2 Å². The number of ether oxygens (including phenoxy) is 1. The third kappa shape index (κ3) is 3.15. The first kappa shape index (κ1) is 9.26. The predicted molar refractivity (Wildman–Crippen MR) is 54.7 cm³/mol. The van der Waals surface area contributed by atoms with Crippen LogP contribution in [0.5, 0.6) is 0 Å². The molecule has 74 valence electrons. The van der Waals surface area contributed by atoms with Crippen LogP contribution in [-0.2, 0) is 4.74 Å². The maximum atomic E-state index is 5.54. The van der Waals surface area contributed by atoms with Crippen LogP contribution in [0.4, 0.5) is 0 Å². The molecule has 0 saturated carbocycles. The van der Waals surface area contributed by atoms with Crippen molar-refractivity contribution in [1.29, 1.82) is 0 Å². The second-order valence-corrected chi connectivity index (χ2v) is 4.27. The van der Waals surface area contributed by atoms with E-state index < -0.39 is 0 Å². The van der Waals surface area contributed by atoms with Crippen LogP contribution in [0.1, 0.15) is 51.4 Å². The molecule has 0 aromatic heterocycles. The summed E-state index contributed by atoms with van der Waals surface area (Å²) < 4.78 is 5.54. The topological polar surface area (TPSA) is 12.5 Å². The molecule has 0 amide bonds. The molecule has 2 unspecified atom stereocenters. The van der Waals surface area contributed by atoms with Crippen LogP contribution in [-0.4, -0.2) is 12.2 Å². The molecule has 13 heavy (non-hydrogen) atoms. The van der Waals surface area contributed by atoms with Gasteiger partial charge in [-0.3, -0.25) is 0 Å². The first-order chi connectivity index (χ1) is 6.47. The van der Waals surface area contributed by atoms with Gasteiger partial charge in [0.05, 0.1) is 6.10 Å². The highest BCUT2D eigenvalue weighted by molar-refractivity contribution is 5.02. The Hall–Kier alpha value is -0.300. The van der Waals surface area contributed by atoms with Gasteiger partial charge in [-0.05, 0) is 19.3 Å². The maximum Gasteiger partial charge on any atom is 0.102 e. The first-order valence-corrected chi connectivity index (χ1v) is 5.79. The number of fused-ring (bicyclic) bond motifs is 1. The molecule has 1 nitrogen and oxygen atoms in total. The zero-order chi connectivity index (χ0) is 8.93. The minimum atomic E-state index is 0.486. The molecule has 1 aliphatic heterocycles. The normalized spacial score (nSPS) is 38.2. The second kappa shape index (κ2) is 4.80. The van der Waals surface area contributed by atoms with Crippen molar-refractivity contribution in [2.45, 2.75) is 63.6 Å². The fourth-order valence-electron chi connectivity index (χ4n) is 2.10. The maximum absolute atomic E-state index is 5.54. The van der Waals surface area contributed by atoms with Gasteiger partial charge in [-0.1, -0.05) is 44.3 Å². The van der Waals surface area contributed by atoms with Crippen molar-refractivity contribution in [3.8, 4) is 0 Å². The standard InChI is InChI=1S/C12H20O/c1-2-4-6-8-10-12-11(13-12)9-7-5-3-1/h7,9,11-12H,1-6,8,10H2/b9-7-. The molecule has 1 aliphatic carbocycles. The molecule has 1 heteroatoms. The van der Waals surface area contributed by atoms with E-state index in [9.17, 15) is 0 Å². The third-order valence-electron chi connectivity index (χ3n) is 3.06. The Kier molecular flexibility index (Phi) is 3.42. The van der Waals surface area contributed by atoms with Crippen molar-refractivity contribution in [2.24, 2.45) is 0 Å². The van der Waals surface area contributed by atoms with Crippen molar-refractivity contribution in [1.82, 2.24) is 0 Å². The van der Waals surface area contributed by atoms with E-state index in [4.69, 9.17) is 4.74 Å². The molecule has 0 N–H and O–H groups in total. The van der Waals surface area contributed by atoms with Crippen molar-refractivity contribution in [3.05, 3.63) is 12.2 Å². The average molecular weight is 180 g/mol. The molecule has 1 saturated heterocycles. The minimum absolute atomic E-state index is 0.486. The monoisotopic (exact) mass is 180 g/mol. The summed E-state index contributed by atoms with van der Waals surface area (Å²) in [5, 5.41) is 0. The molecule has 0 aromatic rings. The lowest BCUT2D eigenvalue weighted by molar-refractivity contribution is 0.372. The zero-order valence-corrected chi connectivity index (χ0v) is 8.37. The fourth-order valence-corrected chi connectivity index (χ4v) is 2.10. The summed E-state index contributed by atoms with van der Waals surface area (Å²) in [4.78, 5) is 0. The van der Waals surface area contributed by atoms with E-state index >= 15 is 0 Å². The number of rotatable bonds is 0. The van der Waals surface area contributed by atoms with Crippen LogP contribution in [0.3, 0.4) is 0 Å². The number of allylic oxidation sites excluding steroid dienone is 1. The molecule has 0 bridgehead atoms. The average Bonchev–Trinajstić information content (AvgIpc) is 2.83. The Balaban J connectivity index is 1.75. The van der Waals surface area contributed by atoms with E-state index in [-0.39, 0.29) is 0 Å². The molecule has 1 heterocycles. The van der Waals surface area contributed by atoms with Gasteiger partial charge >= 0.3 is 0 Å². The van der Waals surface area contributed by atoms with Gasteiger partial charge in [-0.15, -0.1) is 0 Å².